The third-order valence-corrected chi connectivity index (χ3v) is 6.30. The Labute approximate surface area is 180 Å². The van der Waals surface area contributed by atoms with Crippen LogP contribution in [0, 0.1) is 0 Å². The van der Waals surface area contributed by atoms with Gasteiger partial charge in [0.15, 0.2) is 0 Å². The van der Waals surface area contributed by atoms with Gasteiger partial charge in [-0.25, -0.2) is 0 Å². The van der Waals surface area contributed by atoms with Crippen molar-refractivity contribution in [1.82, 2.24) is 15.1 Å². The zero-order valence-electron chi connectivity index (χ0n) is 18.1. The first-order valence-electron chi connectivity index (χ1n) is 11.1. The van der Waals surface area contributed by atoms with Crippen molar-refractivity contribution >= 4 is 5.91 Å². The zero-order valence-corrected chi connectivity index (χ0v) is 18.1. The molecule has 0 saturated carbocycles. The van der Waals surface area contributed by atoms with Gasteiger partial charge in [0.25, 0.3) is 5.91 Å². The minimum absolute atomic E-state index is 0.121. The molecule has 3 atom stereocenters. The largest absolute Gasteiger partial charge is 0.492 e. The number of carbonyl (C=O) groups excluding carboxylic acids is 1. The standard InChI is InChI=1S/C25H33N3O2/c1-27(2)16-17-30-21-13-11-20(12-14-21)25(29)28-23-10-6-7-15-26-22(23)18-24(28)19-8-4-3-5-9-19/h3-5,8-9,11-14,22-24,26H,6-7,10,15-18H2,1-2H3/t22-,23+,24+/m0/s1. The molecule has 30 heavy (non-hydrogen) atoms. The predicted octanol–water partition coefficient (Wildman–Crippen LogP) is 3.72. The van der Waals surface area contributed by atoms with Crippen molar-refractivity contribution in [2.24, 2.45) is 0 Å². The summed E-state index contributed by atoms with van der Waals surface area (Å²) in [6.07, 6.45) is 4.40. The molecule has 2 saturated heterocycles. The molecule has 1 N–H and O–H groups in total. The van der Waals surface area contributed by atoms with Crippen LogP contribution in [0.1, 0.15) is 47.6 Å². The maximum atomic E-state index is 13.7. The molecule has 5 heteroatoms. The van der Waals surface area contributed by atoms with Gasteiger partial charge in [-0.1, -0.05) is 36.8 Å². The maximum absolute atomic E-state index is 13.7. The number of hydrogen-bond acceptors (Lipinski definition) is 4. The Morgan fingerprint density at radius 2 is 1.87 bits per heavy atom. The summed E-state index contributed by atoms with van der Waals surface area (Å²) in [5.74, 6) is 0.934. The van der Waals surface area contributed by atoms with E-state index in [0.29, 0.717) is 12.6 Å². The molecule has 2 fully saturated rings. The van der Waals surface area contributed by atoms with E-state index in [1.807, 2.05) is 44.4 Å². The van der Waals surface area contributed by atoms with Gasteiger partial charge in [0.2, 0.25) is 0 Å². The molecule has 5 nitrogen and oxygen atoms in total. The van der Waals surface area contributed by atoms with Crippen molar-refractivity contribution in [3.05, 3.63) is 65.7 Å². The number of nitrogens with zero attached hydrogens (tertiary/aromatic N) is 2. The van der Waals surface area contributed by atoms with Gasteiger partial charge in [0.1, 0.15) is 12.4 Å². The number of nitrogens with one attached hydrogen (secondary N) is 1. The van der Waals surface area contributed by atoms with E-state index in [-0.39, 0.29) is 18.0 Å². The van der Waals surface area contributed by atoms with E-state index in [0.717, 1.165) is 43.7 Å². The minimum Gasteiger partial charge on any atom is -0.492 e. The van der Waals surface area contributed by atoms with Gasteiger partial charge in [0.05, 0.1) is 6.04 Å². The third kappa shape index (κ3) is 4.68. The van der Waals surface area contributed by atoms with Crippen LogP contribution in [0.15, 0.2) is 54.6 Å². The predicted molar refractivity (Wildman–Crippen MR) is 120 cm³/mol. The highest BCUT2D eigenvalue weighted by molar-refractivity contribution is 5.95. The van der Waals surface area contributed by atoms with Crippen LogP contribution >= 0.6 is 0 Å². The summed E-state index contributed by atoms with van der Waals surface area (Å²) in [6, 6.07) is 18.9. The second kappa shape index (κ2) is 9.63. The van der Waals surface area contributed by atoms with Crippen molar-refractivity contribution in [1.29, 1.82) is 0 Å². The summed E-state index contributed by atoms with van der Waals surface area (Å²) in [5.41, 5.74) is 1.96. The van der Waals surface area contributed by atoms with Gasteiger partial charge in [0, 0.05) is 24.2 Å². The smallest absolute Gasteiger partial charge is 0.254 e. The van der Waals surface area contributed by atoms with Crippen molar-refractivity contribution in [3.8, 4) is 5.75 Å². The second-order valence-corrected chi connectivity index (χ2v) is 8.67. The number of fused-ring (bicyclic) bond motifs is 1. The molecular formula is C25H33N3O2. The lowest BCUT2D eigenvalue weighted by Gasteiger charge is -2.31. The van der Waals surface area contributed by atoms with E-state index in [1.54, 1.807) is 0 Å². The van der Waals surface area contributed by atoms with E-state index in [9.17, 15) is 4.79 Å². The second-order valence-electron chi connectivity index (χ2n) is 8.67. The van der Waals surface area contributed by atoms with Crippen molar-refractivity contribution in [2.45, 2.75) is 43.8 Å². The quantitative estimate of drug-likeness (QED) is 0.793. The molecule has 2 aliphatic heterocycles. The normalized spacial score (nSPS) is 23.8. The topological polar surface area (TPSA) is 44.8 Å². The Morgan fingerprint density at radius 1 is 1.10 bits per heavy atom. The number of likely N-dealkylation sites (tertiary alicyclic amines) is 1. The number of carbonyl (C=O) groups is 1. The van der Waals surface area contributed by atoms with E-state index in [4.69, 9.17) is 4.74 Å². The van der Waals surface area contributed by atoms with Crippen LogP contribution in [0.4, 0.5) is 0 Å². The van der Waals surface area contributed by atoms with E-state index in [1.165, 1.54) is 12.0 Å². The highest BCUT2D eigenvalue weighted by Gasteiger charge is 2.44. The molecule has 2 aromatic rings. The lowest BCUT2D eigenvalue weighted by Crippen LogP contribution is -2.44. The Kier molecular flexibility index (Phi) is 6.70. The van der Waals surface area contributed by atoms with Crippen LogP contribution < -0.4 is 10.1 Å². The van der Waals surface area contributed by atoms with Gasteiger partial charge < -0.3 is 19.9 Å². The van der Waals surface area contributed by atoms with Gasteiger partial charge in [-0.2, -0.15) is 0 Å². The fourth-order valence-corrected chi connectivity index (χ4v) is 4.71. The average Bonchev–Trinajstić information content (AvgIpc) is 2.96. The molecule has 4 rings (SSSR count). The molecule has 2 heterocycles. The van der Waals surface area contributed by atoms with Crippen LogP contribution in [-0.2, 0) is 0 Å². The van der Waals surface area contributed by atoms with Crippen molar-refractivity contribution < 1.29 is 9.53 Å². The Balaban J connectivity index is 1.54. The minimum atomic E-state index is 0.121. The van der Waals surface area contributed by atoms with Crippen LogP contribution in [-0.4, -0.2) is 61.6 Å². The lowest BCUT2D eigenvalue weighted by molar-refractivity contribution is 0.0650. The summed E-state index contributed by atoms with van der Waals surface area (Å²) < 4.78 is 5.79. The molecule has 2 aliphatic rings. The number of likely N-dealkylation sites (N-methyl/N-ethyl adjacent to an activating group) is 1. The third-order valence-electron chi connectivity index (χ3n) is 6.30. The number of rotatable bonds is 6. The molecule has 1 amide bonds. The molecule has 0 bridgehead atoms. The first-order valence-corrected chi connectivity index (χ1v) is 11.1. The maximum Gasteiger partial charge on any atom is 0.254 e. The van der Waals surface area contributed by atoms with Crippen molar-refractivity contribution in [3.63, 3.8) is 0 Å². The highest BCUT2D eigenvalue weighted by Crippen LogP contribution is 2.40. The molecule has 0 unspecified atom stereocenters. The highest BCUT2D eigenvalue weighted by atomic mass is 16.5. The number of hydrogen-bond donors (Lipinski definition) is 1. The first kappa shape index (κ1) is 20.9. The number of amides is 1. The molecule has 0 aromatic heterocycles. The fraction of sp³-hybridized carbons (Fsp3) is 0.480. The molecule has 160 valence electrons. The summed E-state index contributed by atoms with van der Waals surface area (Å²) >= 11 is 0. The lowest BCUT2D eigenvalue weighted by atomic mass is 10.0. The SMILES string of the molecule is CN(C)CCOc1ccc(C(=O)N2[C@@H](c3ccccc3)C[C@@H]3NCCCC[C@H]32)cc1. The molecule has 0 aliphatic carbocycles. The van der Waals surface area contributed by atoms with Crippen LogP contribution in [0.2, 0.25) is 0 Å². The summed E-state index contributed by atoms with van der Waals surface area (Å²) in [4.78, 5) is 17.9. The number of benzene rings is 2. The van der Waals surface area contributed by atoms with Crippen LogP contribution in [0.5, 0.6) is 5.75 Å². The van der Waals surface area contributed by atoms with Crippen LogP contribution in [0.3, 0.4) is 0 Å². The average molecular weight is 408 g/mol. The molecular weight excluding hydrogens is 374 g/mol. The Morgan fingerprint density at radius 3 is 2.60 bits per heavy atom. The van der Waals surface area contributed by atoms with E-state index < -0.39 is 0 Å². The molecule has 0 spiro atoms. The van der Waals surface area contributed by atoms with E-state index in [2.05, 4.69) is 39.4 Å². The van der Waals surface area contributed by atoms with E-state index >= 15 is 0 Å². The molecule has 2 aromatic carbocycles. The summed E-state index contributed by atoms with van der Waals surface area (Å²) in [6.45, 7) is 2.55. The monoisotopic (exact) mass is 407 g/mol. The van der Waals surface area contributed by atoms with Crippen LogP contribution in [0.25, 0.3) is 0 Å². The zero-order chi connectivity index (χ0) is 20.9. The Bertz CT molecular complexity index is 822. The first-order chi connectivity index (χ1) is 14.6. The fourth-order valence-electron chi connectivity index (χ4n) is 4.71. The van der Waals surface area contributed by atoms with Gasteiger partial charge >= 0.3 is 0 Å². The van der Waals surface area contributed by atoms with Gasteiger partial charge in [-0.15, -0.1) is 0 Å². The van der Waals surface area contributed by atoms with Gasteiger partial charge in [-0.3, -0.25) is 4.79 Å². The summed E-state index contributed by atoms with van der Waals surface area (Å²) in [7, 11) is 4.06. The number of ether oxygens (including phenoxy) is 1. The van der Waals surface area contributed by atoms with Gasteiger partial charge in [-0.05, 0) is 69.7 Å². The van der Waals surface area contributed by atoms with Crippen molar-refractivity contribution in [2.75, 3.05) is 33.8 Å². The Hall–Kier alpha value is -2.37. The summed E-state index contributed by atoms with van der Waals surface area (Å²) in [5, 5.41) is 3.70. The molecule has 0 radical (unpaired) electrons.